The summed E-state index contributed by atoms with van der Waals surface area (Å²) in [6.45, 7) is 2.03. The molecule has 2 aliphatic carbocycles. The minimum absolute atomic E-state index is 0.0257. The van der Waals surface area contributed by atoms with Crippen molar-refractivity contribution in [1.82, 2.24) is 4.90 Å². The zero-order valence-electron chi connectivity index (χ0n) is 15.0. The summed E-state index contributed by atoms with van der Waals surface area (Å²) in [5, 5.41) is 0.428. The lowest BCUT2D eigenvalue weighted by atomic mass is 9.79. The Labute approximate surface area is 156 Å². The third-order valence-electron chi connectivity index (χ3n) is 5.96. The van der Waals surface area contributed by atoms with Crippen LogP contribution in [-0.4, -0.2) is 35.3 Å². The Morgan fingerprint density at radius 3 is 2.46 bits per heavy atom. The van der Waals surface area contributed by atoms with E-state index < -0.39 is 5.97 Å². The zero-order chi connectivity index (χ0) is 18.4. The van der Waals surface area contributed by atoms with Gasteiger partial charge >= 0.3 is 5.97 Å². The molecule has 2 amide bonds. The lowest BCUT2D eigenvalue weighted by Gasteiger charge is -2.29. The van der Waals surface area contributed by atoms with Crippen LogP contribution in [0.15, 0.2) is 0 Å². The summed E-state index contributed by atoms with van der Waals surface area (Å²) < 4.78 is 5.13. The number of amides is 2. The van der Waals surface area contributed by atoms with Gasteiger partial charge in [-0.25, -0.2) is 4.79 Å². The maximum Gasteiger partial charge on any atom is 0.341 e. The average molecular weight is 376 g/mol. The highest BCUT2D eigenvalue weighted by atomic mass is 32.1. The minimum Gasteiger partial charge on any atom is -0.462 e. The number of rotatable bonds is 3. The first-order valence-electron chi connectivity index (χ1n) is 9.47. The average Bonchev–Trinajstić information content (AvgIpc) is 3.07. The second kappa shape index (κ2) is 6.68. The summed E-state index contributed by atoms with van der Waals surface area (Å²) in [5.74, 6) is -1.18. The number of nitrogens with two attached hydrogens (primary N) is 1. The number of esters is 1. The van der Waals surface area contributed by atoms with Gasteiger partial charge in [0.2, 0.25) is 11.8 Å². The van der Waals surface area contributed by atoms with Crippen LogP contribution in [-0.2, 0) is 27.2 Å². The second-order valence-corrected chi connectivity index (χ2v) is 8.56. The third kappa shape index (κ3) is 2.64. The Hall–Kier alpha value is -1.89. The summed E-state index contributed by atoms with van der Waals surface area (Å²) in [5.41, 5.74) is 7.28. The molecule has 2 atom stereocenters. The number of nitrogen functional groups attached to an aromatic ring is 1. The molecule has 2 unspecified atom stereocenters. The van der Waals surface area contributed by atoms with Gasteiger partial charge in [-0.2, -0.15) is 0 Å². The molecule has 4 rings (SSSR count). The van der Waals surface area contributed by atoms with Crippen LogP contribution >= 0.6 is 11.3 Å². The Morgan fingerprint density at radius 1 is 1.15 bits per heavy atom. The van der Waals surface area contributed by atoms with E-state index >= 15 is 0 Å². The van der Waals surface area contributed by atoms with Gasteiger partial charge < -0.3 is 10.5 Å². The van der Waals surface area contributed by atoms with E-state index in [-0.39, 0.29) is 36.3 Å². The molecule has 0 radical (unpaired) electrons. The van der Waals surface area contributed by atoms with Crippen molar-refractivity contribution in [1.29, 1.82) is 0 Å². The van der Waals surface area contributed by atoms with E-state index in [4.69, 9.17) is 10.5 Å². The monoisotopic (exact) mass is 376 g/mol. The summed E-state index contributed by atoms with van der Waals surface area (Å²) in [6, 6.07) is 0.0574. The highest BCUT2D eigenvalue weighted by molar-refractivity contribution is 7.16. The highest BCUT2D eigenvalue weighted by Crippen LogP contribution is 2.45. The molecule has 26 heavy (non-hydrogen) atoms. The first-order chi connectivity index (χ1) is 12.5. The van der Waals surface area contributed by atoms with E-state index in [9.17, 15) is 14.4 Å². The molecular formula is C19H24N2O4S. The molecule has 1 aromatic heterocycles. The SMILES string of the molecule is CCOC(=O)c1c(N)sc2c1CC1C(=O)N(C3CCCCC3)C(=O)C1C2. The van der Waals surface area contributed by atoms with Crippen LogP contribution in [0.25, 0.3) is 0 Å². The molecule has 140 valence electrons. The predicted octanol–water partition coefficient (Wildman–Crippen LogP) is 2.54. The number of hydrogen-bond donors (Lipinski definition) is 1. The smallest absolute Gasteiger partial charge is 0.341 e. The minimum atomic E-state index is -0.429. The van der Waals surface area contributed by atoms with Crippen LogP contribution < -0.4 is 5.73 Å². The van der Waals surface area contributed by atoms with E-state index in [2.05, 4.69) is 0 Å². The van der Waals surface area contributed by atoms with Crippen LogP contribution in [0.1, 0.15) is 59.8 Å². The summed E-state index contributed by atoms with van der Waals surface area (Å²) in [7, 11) is 0. The Balaban J connectivity index is 1.63. The summed E-state index contributed by atoms with van der Waals surface area (Å²) in [6.07, 6.45) is 6.08. The van der Waals surface area contributed by atoms with Gasteiger partial charge in [-0.3, -0.25) is 14.5 Å². The van der Waals surface area contributed by atoms with Gasteiger partial charge in [0.25, 0.3) is 0 Å². The molecule has 6 nitrogen and oxygen atoms in total. The molecule has 1 saturated heterocycles. The summed E-state index contributed by atoms with van der Waals surface area (Å²) >= 11 is 1.35. The molecule has 2 N–H and O–H groups in total. The van der Waals surface area contributed by atoms with Crippen molar-refractivity contribution >= 4 is 34.1 Å². The molecule has 1 aliphatic heterocycles. The van der Waals surface area contributed by atoms with Crippen molar-refractivity contribution in [3.05, 3.63) is 16.0 Å². The fourth-order valence-corrected chi connectivity index (χ4v) is 5.87. The molecular weight excluding hydrogens is 352 g/mol. The molecule has 2 fully saturated rings. The maximum atomic E-state index is 13.0. The normalized spacial score (nSPS) is 26.0. The van der Waals surface area contributed by atoms with Crippen molar-refractivity contribution in [2.75, 3.05) is 12.3 Å². The molecule has 1 saturated carbocycles. The second-order valence-electron chi connectivity index (χ2n) is 7.42. The van der Waals surface area contributed by atoms with Crippen molar-refractivity contribution in [3.8, 4) is 0 Å². The molecule has 0 bridgehead atoms. The lowest BCUT2D eigenvalue weighted by molar-refractivity contribution is -0.143. The van der Waals surface area contributed by atoms with Crippen LogP contribution in [0.2, 0.25) is 0 Å². The lowest BCUT2D eigenvalue weighted by Crippen LogP contribution is -2.41. The van der Waals surface area contributed by atoms with E-state index in [0.29, 0.717) is 23.4 Å². The number of carbonyl (C=O) groups is 3. The number of carbonyl (C=O) groups excluding carboxylic acids is 3. The van der Waals surface area contributed by atoms with Gasteiger partial charge in [0.15, 0.2) is 0 Å². The van der Waals surface area contributed by atoms with Crippen LogP contribution in [0.5, 0.6) is 0 Å². The molecule has 0 aromatic carbocycles. The standard InChI is InChI=1S/C19H24N2O4S/c1-2-25-19(24)15-13-8-11-12(9-14(13)26-16(15)20)18(23)21(17(11)22)10-6-4-3-5-7-10/h10-12H,2-9,20H2,1H3. The zero-order valence-corrected chi connectivity index (χ0v) is 15.8. The molecule has 7 heteroatoms. The van der Waals surface area contributed by atoms with Crippen molar-refractivity contribution in [3.63, 3.8) is 0 Å². The van der Waals surface area contributed by atoms with Gasteiger partial charge in [0.1, 0.15) is 5.00 Å². The molecule has 1 aromatic rings. The number of nitrogens with zero attached hydrogens (tertiary/aromatic N) is 1. The highest BCUT2D eigenvalue weighted by Gasteiger charge is 2.52. The van der Waals surface area contributed by atoms with Crippen LogP contribution in [0.4, 0.5) is 5.00 Å². The van der Waals surface area contributed by atoms with Crippen LogP contribution in [0, 0.1) is 11.8 Å². The number of hydrogen-bond acceptors (Lipinski definition) is 6. The van der Waals surface area contributed by atoms with E-state index in [1.807, 2.05) is 0 Å². The molecule has 3 aliphatic rings. The molecule has 2 heterocycles. The number of thiophene rings is 1. The van der Waals surface area contributed by atoms with E-state index in [0.717, 1.165) is 36.1 Å². The van der Waals surface area contributed by atoms with Gasteiger partial charge in [-0.05, 0) is 38.2 Å². The van der Waals surface area contributed by atoms with Gasteiger partial charge in [0, 0.05) is 10.9 Å². The fraction of sp³-hybridized carbons (Fsp3) is 0.632. The first-order valence-corrected chi connectivity index (χ1v) is 10.3. The van der Waals surface area contributed by atoms with Crippen molar-refractivity contribution in [2.45, 2.75) is 57.9 Å². The van der Waals surface area contributed by atoms with Crippen molar-refractivity contribution < 1.29 is 19.1 Å². The molecule has 0 spiro atoms. The largest absolute Gasteiger partial charge is 0.462 e. The van der Waals surface area contributed by atoms with Gasteiger partial charge in [-0.1, -0.05) is 19.3 Å². The predicted molar refractivity (Wildman–Crippen MR) is 97.8 cm³/mol. The van der Waals surface area contributed by atoms with Crippen molar-refractivity contribution in [2.24, 2.45) is 11.8 Å². The van der Waals surface area contributed by atoms with Gasteiger partial charge in [0.05, 0.1) is 24.0 Å². The first kappa shape index (κ1) is 17.5. The Kier molecular flexibility index (Phi) is 4.50. The fourth-order valence-electron chi connectivity index (χ4n) is 4.73. The number of likely N-dealkylation sites (tertiary alicyclic amines) is 1. The van der Waals surface area contributed by atoms with Gasteiger partial charge in [-0.15, -0.1) is 11.3 Å². The number of anilines is 1. The number of fused-ring (bicyclic) bond motifs is 2. The topological polar surface area (TPSA) is 89.7 Å². The van der Waals surface area contributed by atoms with Crippen LogP contribution in [0.3, 0.4) is 0 Å². The quantitative estimate of drug-likeness (QED) is 0.647. The number of ether oxygens (including phenoxy) is 1. The third-order valence-corrected chi connectivity index (χ3v) is 7.05. The Bertz CT molecular complexity index is 766. The van der Waals surface area contributed by atoms with E-state index in [1.54, 1.807) is 11.8 Å². The van der Waals surface area contributed by atoms with E-state index in [1.165, 1.54) is 17.8 Å². The Morgan fingerprint density at radius 2 is 1.81 bits per heavy atom. The number of imide groups is 1. The summed E-state index contributed by atoms with van der Waals surface area (Å²) in [4.78, 5) is 40.8. The maximum absolute atomic E-state index is 13.0.